The Bertz CT molecular complexity index is 831. The standard InChI is InChI=1S/C23H26Cl2N2O2/c1-16-6-10-18(11-7-16)22(23(29)26-20-4-2-3-5-20)27(21(28)14-24)15-17-8-12-19(25)13-9-17/h6-13,20,22H,2-5,14-15H2,1H3,(H,26,29)/t22-/m0/s1. The van der Waals surface area contributed by atoms with E-state index >= 15 is 0 Å². The number of carbonyl (C=O) groups is 2. The Kier molecular flexibility index (Phi) is 7.57. The first-order valence-electron chi connectivity index (χ1n) is 9.94. The van der Waals surface area contributed by atoms with Gasteiger partial charge in [0.2, 0.25) is 11.8 Å². The molecule has 1 aliphatic carbocycles. The number of rotatable bonds is 7. The second-order valence-electron chi connectivity index (χ2n) is 7.58. The maximum absolute atomic E-state index is 13.3. The largest absolute Gasteiger partial charge is 0.351 e. The molecule has 3 rings (SSSR count). The van der Waals surface area contributed by atoms with Crippen LogP contribution in [0.3, 0.4) is 0 Å². The molecular weight excluding hydrogens is 407 g/mol. The molecule has 6 heteroatoms. The van der Waals surface area contributed by atoms with Gasteiger partial charge >= 0.3 is 0 Å². The Morgan fingerprint density at radius 3 is 2.28 bits per heavy atom. The molecule has 0 aromatic heterocycles. The van der Waals surface area contributed by atoms with Gasteiger partial charge in [-0.3, -0.25) is 9.59 Å². The molecule has 2 aromatic carbocycles. The fourth-order valence-corrected chi connectivity index (χ4v) is 4.04. The molecule has 2 amide bonds. The third-order valence-electron chi connectivity index (χ3n) is 5.36. The molecule has 1 atom stereocenters. The number of hydrogen-bond donors (Lipinski definition) is 1. The van der Waals surface area contributed by atoms with Gasteiger partial charge in [0, 0.05) is 17.6 Å². The lowest BCUT2D eigenvalue weighted by molar-refractivity contribution is -0.140. The summed E-state index contributed by atoms with van der Waals surface area (Å²) in [4.78, 5) is 27.7. The maximum Gasteiger partial charge on any atom is 0.247 e. The Balaban J connectivity index is 1.94. The summed E-state index contributed by atoms with van der Waals surface area (Å²) in [6, 6.07) is 14.4. The van der Waals surface area contributed by atoms with Gasteiger partial charge in [-0.1, -0.05) is 66.4 Å². The number of alkyl halides is 1. The van der Waals surface area contributed by atoms with Crippen LogP contribution in [0.5, 0.6) is 0 Å². The number of aryl methyl sites for hydroxylation is 1. The number of benzene rings is 2. The van der Waals surface area contributed by atoms with Crippen LogP contribution in [0.1, 0.15) is 48.4 Å². The van der Waals surface area contributed by atoms with E-state index < -0.39 is 6.04 Å². The highest BCUT2D eigenvalue weighted by Gasteiger charge is 2.32. The smallest absolute Gasteiger partial charge is 0.247 e. The number of halogens is 2. The first-order valence-corrected chi connectivity index (χ1v) is 10.9. The van der Waals surface area contributed by atoms with Crippen LogP contribution >= 0.6 is 23.2 Å². The van der Waals surface area contributed by atoms with Crippen molar-refractivity contribution in [3.05, 3.63) is 70.2 Å². The molecule has 0 heterocycles. The minimum Gasteiger partial charge on any atom is -0.351 e. The lowest BCUT2D eigenvalue weighted by Crippen LogP contribution is -2.46. The van der Waals surface area contributed by atoms with E-state index in [1.807, 2.05) is 43.3 Å². The molecular formula is C23H26Cl2N2O2. The number of nitrogens with zero attached hydrogens (tertiary/aromatic N) is 1. The van der Waals surface area contributed by atoms with Crippen molar-refractivity contribution in [1.82, 2.24) is 10.2 Å². The van der Waals surface area contributed by atoms with Crippen LogP contribution in [0.2, 0.25) is 5.02 Å². The van der Waals surface area contributed by atoms with Crippen LogP contribution in [0.4, 0.5) is 0 Å². The van der Waals surface area contributed by atoms with Gasteiger partial charge in [-0.15, -0.1) is 11.6 Å². The summed E-state index contributed by atoms with van der Waals surface area (Å²) in [5.41, 5.74) is 2.76. The highest BCUT2D eigenvalue weighted by atomic mass is 35.5. The van der Waals surface area contributed by atoms with E-state index in [2.05, 4.69) is 5.32 Å². The SMILES string of the molecule is Cc1ccc([C@@H](C(=O)NC2CCCC2)N(Cc2ccc(Cl)cc2)C(=O)CCl)cc1. The second kappa shape index (κ2) is 10.1. The monoisotopic (exact) mass is 432 g/mol. The molecule has 1 saturated carbocycles. The average Bonchev–Trinajstić information content (AvgIpc) is 3.22. The molecule has 1 aliphatic rings. The molecule has 2 aromatic rings. The number of amides is 2. The van der Waals surface area contributed by atoms with Gasteiger partial charge in [0.25, 0.3) is 0 Å². The molecule has 0 unspecified atom stereocenters. The zero-order valence-electron chi connectivity index (χ0n) is 16.5. The number of nitrogens with one attached hydrogen (secondary N) is 1. The number of carbonyl (C=O) groups excluding carboxylic acids is 2. The van der Waals surface area contributed by atoms with Crippen molar-refractivity contribution in [2.45, 2.75) is 51.2 Å². The Labute approximate surface area is 182 Å². The van der Waals surface area contributed by atoms with E-state index in [0.717, 1.165) is 42.4 Å². The van der Waals surface area contributed by atoms with Crippen molar-refractivity contribution < 1.29 is 9.59 Å². The predicted octanol–water partition coefficient (Wildman–Crippen LogP) is 5.02. The molecule has 0 saturated heterocycles. The summed E-state index contributed by atoms with van der Waals surface area (Å²) in [5.74, 6) is -0.630. The molecule has 154 valence electrons. The third-order valence-corrected chi connectivity index (χ3v) is 5.84. The van der Waals surface area contributed by atoms with Crippen LogP contribution < -0.4 is 5.32 Å². The number of hydrogen-bond acceptors (Lipinski definition) is 2. The third kappa shape index (κ3) is 5.74. The van der Waals surface area contributed by atoms with E-state index in [1.54, 1.807) is 17.0 Å². The Morgan fingerprint density at radius 2 is 1.69 bits per heavy atom. The van der Waals surface area contributed by atoms with Crippen LogP contribution in [-0.4, -0.2) is 28.6 Å². The lowest BCUT2D eigenvalue weighted by atomic mass is 10.0. The highest BCUT2D eigenvalue weighted by molar-refractivity contribution is 6.30. The fourth-order valence-electron chi connectivity index (χ4n) is 3.76. The van der Waals surface area contributed by atoms with Crippen molar-refractivity contribution in [2.75, 3.05) is 5.88 Å². The zero-order valence-corrected chi connectivity index (χ0v) is 18.0. The summed E-state index contributed by atoms with van der Waals surface area (Å²) >= 11 is 11.9. The Hall–Kier alpha value is -2.04. The van der Waals surface area contributed by atoms with Crippen molar-refractivity contribution in [2.24, 2.45) is 0 Å². The molecule has 0 bridgehead atoms. The van der Waals surface area contributed by atoms with Gasteiger partial charge in [-0.2, -0.15) is 0 Å². The van der Waals surface area contributed by atoms with E-state index in [0.29, 0.717) is 5.02 Å². The average molecular weight is 433 g/mol. The summed E-state index contributed by atoms with van der Waals surface area (Å²) < 4.78 is 0. The summed E-state index contributed by atoms with van der Waals surface area (Å²) in [6.07, 6.45) is 4.20. The van der Waals surface area contributed by atoms with Crippen molar-refractivity contribution >= 4 is 35.0 Å². The molecule has 29 heavy (non-hydrogen) atoms. The molecule has 1 N–H and O–H groups in total. The molecule has 0 aliphatic heterocycles. The van der Waals surface area contributed by atoms with Crippen molar-refractivity contribution in [3.8, 4) is 0 Å². The van der Waals surface area contributed by atoms with Gasteiger partial charge in [0.1, 0.15) is 11.9 Å². The van der Waals surface area contributed by atoms with Gasteiger partial charge in [-0.05, 0) is 43.0 Å². The molecule has 0 spiro atoms. The van der Waals surface area contributed by atoms with Crippen LogP contribution in [0.25, 0.3) is 0 Å². The van der Waals surface area contributed by atoms with Gasteiger partial charge in [-0.25, -0.2) is 0 Å². The summed E-state index contributed by atoms with van der Waals surface area (Å²) in [6.45, 7) is 2.27. The van der Waals surface area contributed by atoms with Gasteiger partial charge in [0.15, 0.2) is 0 Å². The van der Waals surface area contributed by atoms with Crippen molar-refractivity contribution in [3.63, 3.8) is 0 Å². The zero-order chi connectivity index (χ0) is 20.8. The first kappa shape index (κ1) is 21.7. The Morgan fingerprint density at radius 1 is 1.07 bits per heavy atom. The van der Waals surface area contributed by atoms with Gasteiger partial charge in [0.05, 0.1) is 0 Å². The molecule has 4 nitrogen and oxygen atoms in total. The molecule has 1 fully saturated rings. The van der Waals surface area contributed by atoms with E-state index in [4.69, 9.17) is 23.2 Å². The topological polar surface area (TPSA) is 49.4 Å². The minimum absolute atomic E-state index is 0.159. The normalized spacial score (nSPS) is 15.1. The van der Waals surface area contributed by atoms with Crippen LogP contribution in [-0.2, 0) is 16.1 Å². The predicted molar refractivity (Wildman–Crippen MR) is 117 cm³/mol. The first-order chi connectivity index (χ1) is 14.0. The van der Waals surface area contributed by atoms with Crippen LogP contribution in [0.15, 0.2) is 48.5 Å². The maximum atomic E-state index is 13.3. The summed E-state index contributed by atoms with van der Waals surface area (Å²) in [5, 5.41) is 3.77. The van der Waals surface area contributed by atoms with E-state index in [-0.39, 0.29) is 30.3 Å². The highest BCUT2D eigenvalue weighted by Crippen LogP contribution is 2.27. The quantitative estimate of drug-likeness (QED) is 0.624. The summed E-state index contributed by atoms with van der Waals surface area (Å²) in [7, 11) is 0. The fraction of sp³-hybridized carbons (Fsp3) is 0.391. The van der Waals surface area contributed by atoms with Crippen molar-refractivity contribution in [1.29, 1.82) is 0 Å². The minimum atomic E-state index is -0.738. The lowest BCUT2D eigenvalue weighted by Gasteiger charge is -2.32. The molecule has 0 radical (unpaired) electrons. The van der Waals surface area contributed by atoms with Gasteiger partial charge < -0.3 is 10.2 Å². The van der Waals surface area contributed by atoms with E-state index in [1.165, 1.54) is 0 Å². The van der Waals surface area contributed by atoms with Crippen LogP contribution in [0, 0.1) is 6.92 Å². The van der Waals surface area contributed by atoms with E-state index in [9.17, 15) is 9.59 Å². The second-order valence-corrected chi connectivity index (χ2v) is 8.29.